The largest absolute Gasteiger partial charge is 0.370 e. The Kier molecular flexibility index (Phi) is 5.04. The lowest BCUT2D eigenvalue weighted by Gasteiger charge is -2.10. The van der Waals surface area contributed by atoms with E-state index in [1.54, 1.807) is 30.3 Å². The van der Waals surface area contributed by atoms with Crippen molar-refractivity contribution in [2.75, 3.05) is 17.2 Å². The molecule has 2 aromatic rings. The Hall–Kier alpha value is -1.78. The second-order valence-corrected chi connectivity index (χ2v) is 5.33. The molecule has 0 aliphatic rings. The zero-order chi connectivity index (χ0) is 15.4. The Balaban J connectivity index is 2.25. The van der Waals surface area contributed by atoms with Crippen LogP contribution in [0.25, 0.3) is 0 Å². The minimum atomic E-state index is -0.260. The summed E-state index contributed by atoms with van der Waals surface area (Å²) in [6.45, 7) is 4.54. The Morgan fingerprint density at radius 1 is 1.24 bits per heavy atom. The van der Waals surface area contributed by atoms with Gasteiger partial charge in [-0.2, -0.15) is 0 Å². The van der Waals surface area contributed by atoms with Gasteiger partial charge in [-0.15, -0.1) is 0 Å². The number of halogens is 2. The fraction of sp³-hybridized carbons (Fsp3) is 0.200. The highest BCUT2D eigenvalue weighted by Crippen LogP contribution is 2.26. The van der Waals surface area contributed by atoms with Crippen molar-refractivity contribution in [2.45, 2.75) is 13.8 Å². The summed E-state index contributed by atoms with van der Waals surface area (Å²) < 4.78 is 0. The number of rotatable bonds is 4. The Labute approximate surface area is 133 Å². The number of hydrogen-bond donors (Lipinski definition) is 2. The van der Waals surface area contributed by atoms with Gasteiger partial charge in [0.15, 0.2) is 0 Å². The molecule has 1 aromatic heterocycles. The summed E-state index contributed by atoms with van der Waals surface area (Å²) in [6, 6.07) is 8.33. The van der Waals surface area contributed by atoms with E-state index in [-0.39, 0.29) is 5.91 Å². The molecule has 21 heavy (non-hydrogen) atoms. The molecule has 0 fully saturated rings. The molecule has 110 valence electrons. The van der Waals surface area contributed by atoms with Gasteiger partial charge in [-0.3, -0.25) is 4.79 Å². The third kappa shape index (κ3) is 4.09. The summed E-state index contributed by atoms with van der Waals surface area (Å²) in [5, 5.41) is 6.79. The van der Waals surface area contributed by atoms with E-state index in [0.29, 0.717) is 27.1 Å². The molecule has 1 amide bonds. The van der Waals surface area contributed by atoms with Crippen molar-refractivity contribution in [1.82, 2.24) is 4.98 Å². The molecule has 0 aliphatic heterocycles. The fourth-order valence-electron chi connectivity index (χ4n) is 1.86. The Bertz CT molecular complexity index is 674. The summed E-state index contributed by atoms with van der Waals surface area (Å²) in [7, 11) is 0. The maximum absolute atomic E-state index is 12.3. The van der Waals surface area contributed by atoms with Gasteiger partial charge in [-0.05, 0) is 44.2 Å². The van der Waals surface area contributed by atoms with E-state index in [1.165, 1.54) is 0 Å². The number of nitrogens with one attached hydrogen (secondary N) is 2. The molecule has 0 spiro atoms. The molecular formula is C15H15Cl2N3O. The maximum atomic E-state index is 12.3. The molecular weight excluding hydrogens is 309 g/mol. The number of amides is 1. The predicted octanol–water partition coefficient (Wildman–Crippen LogP) is 4.38. The van der Waals surface area contributed by atoms with Gasteiger partial charge in [-0.1, -0.05) is 23.2 Å². The molecule has 0 atom stereocenters. The van der Waals surface area contributed by atoms with Gasteiger partial charge >= 0.3 is 0 Å². The van der Waals surface area contributed by atoms with Gasteiger partial charge in [0, 0.05) is 22.8 Å². The van der Waals surface area contributed by atoms with Crippen molar-refractivity contribution in [3.8, 4) is 0 Å². The van der Waals surface area contributed by atoms with Crippen LogP contribution in [0.1, 0.15) is 23.0 Å². The number of aryl methyl sites for hydroxylation is 1. The number of benzene rings is 1. The summed E-state index contributed by atoms with van der Waals surface area (Å²) in [5.74, 6) is 0.406. The molecule has 2 N–H and O–H groups in total. The SMILES string of the molecule is CCNc1cc(C(=O)Nc2cc(Cl)ccc2Cl)cc(C)n1. The van der Waals surface area contributed by atoms with Crippen LogP contribution >= 0.6 is 23.2 Å². The standard InChI is InChI=1S/C15H15Cl2N3O/c1-3-18-14-7-10(6-9(2)19-14)15(21)20-13-8-11(16)4-5-12(13)17/h4-8H,3H2,1-2H3,(H,18,19)(H,20,21). The average molecular weight is 324 g/mol. The number of anilines is 2. The zero-order valence-electron chi connectivity index (χ0n) is 11.7. The summed E-state index contributed by atoms with van der Waals surface area (Å²) in [5.41, 5.74) is 1.75. The third-order valence-corrected chi connectivity index (χ3v) is 3.31. The predicted molar refractivity (Wildman–Crippen MR) is 87.6 cm³/mol. The van der Waals surface area contributed by atoms with Crippen LogP contribution in [0, 0.1) is 6.92 Å². The smallest absolute Gasteiger partial charge is 0.255 e. The molecule has 0 saturated heterocycles. The molecule has 0 radical (unpaired) electrons. The number of pyridine rings is 1. The highest BCUT2D eigenvalue weighted by atomic mass is 35.5. The summed E-state index contributed by atoms with van der Waals surface area (Å²) in [6.07, 6.45) is 0. The van der Waals surface area contributed by atoms with Crippen LogP contribution < -0.4 is 10.6 Å². The first kappa shape index (κ1) is 15.6. The van der Waals surface area contributed by atoms with Crippen LogP contribution in [-0.4, -0.2) is 17.4 Å². The molecule has 0 saturated carbocycles. The first-order chi connectivity index (χ1) is 9.99. The van der Waals surface area contributed by atoms with Crippen LogP contribution in [0.5, 0.6) is 0 Å². The number of carbonyl (C=O) groups is 1. The Morgan fingerprint density at radius 3 is 2.71 bits per heavy atom. The van der Waals surface area contributed by atoms with Gasteiger partial charge in [0.1, 0.15) is 5.82 Å². The van der Waals surface area contributed by atoms with Crippen LogP contribution in [-0.2, 0) is 0 Å². The average Bonchev–Trinajstić information content (AvgIpc) is 2.42. The number of hydrogen-bond acceptors (Lipinski definition) is 3. The topological polar surface area (TPSA) is 54.0 Å². The minimum Gasteiger partial charge on any atom is -0.370 e. The van der Waals surface area contributed by atoms with E-state index in [2.05, 4.69) is 15.6 Å². The van der Waals surface area contributed by atoms with Crippen molar-refractivity contribution < 1.29 is 4.79 Å². The van der Waals surface area contributed by atoms with E-state index in [1.807, 2.05) is 13.8 Å². The van der Waals surface area contributed by atoms with E-state index in [0.717, 1.165) is 12.2 Å². The lowest BCUT2D eigenvalue weighted by atomic mass is 10.2. The lowest BCUT2D eigenvalue weighted by molar-refractivity contribution is 0.102. The van der Waals surface area contributed by atoms with Gasteiger partial charge in [0.25, 0.3) is 5.91 Å². The second kappa shape index (κ2) is 6.78. The van der Waals surface area contributed by atoms with E-state index < -0.39 is 0 Å². The van der Waals surface area contributed by atoms with Gasteiger partial charge < -0.3 is 10.6 Å². The van der Waals surface area contributed by atoms with Gasteiger partial charge in [0.05, 0.1) is 10.7 Å². The van der Waals surface area contributed by atoms with Crippen molar-refractivity contribution in [3.05, 3.63) is 51.6 Å². The fourth-order valence-corrected chi connectivity index (χ4v) is 2.20. The quantitative estimate of drug-likeness (QED) is 0.877. The summed E-state index contributed by atoms with van der Waals surface area (Å²) in [4.78, 5) is 16.6. The van der Waals surface area contributed by atoms with Crippen molar-refractivity contribution in [3.63, 3.8) is 0 Å². The first-order valence-electron chi connectivity index (χ1n) is 6.48. The third-order valence-electron chi connectivity index (χ3n) is 2.75. The minimum absolute atomic E-state index is 0.260. The molecule has 1 aromatic carbocycles. The van der Waals surface area contributed by atoms with Gasteiger partial charge in [0.2, 0.25) is 0 Å². The zero-order valence-corrected chi connectivity index (χ0v) is 13.2. The first-order valence-corrected chi connectivity index (χ1v) is 7.24. The molecule has 1 heterocycles. The molecule has 6 heteroatoms. The number of carbonyl (C=O) groups excluding carboxylic acids is 1. The van der Waals surface area contributed by atoms with Crippen LogP contribution in [0.2, 0.25) is 10.0 Å². The van der Waals surface area contributed by atoms with Gasteiger partial charge in [-0.25, -0.2) is 4.98 Å². The van der Waals surface area contributed by atoms with E-state index in [9.17, 15) is 4.79 Å². The van der Waals surface area contributed by atoms with Crippen LogP contribution in [0.15, 0.2) is 30.3 Å². The van der Waals surface area contributed by atoms with Crippen molar-refractivity contribution >= 4 is 40.6 Å². The molecule has 4 nitrogen and oxygen atoms in total. The van der Waals surface area contributed by atoms with Crippen molar-refractivity contribution in [1.29, 1.82) is 0 Å². The van der Waals surface area contributed by atoms with E-state index >= 15 is 0 Å². The molecule has 2 rings (SSSR count). The monoisotopic (exact) mass is 323 g/mol. The highest BCUT2D eigenvalue weighted by molar-refractivity contribution is 6.35. The molecule has 0 aliphatic carbocycles. The normalized spacial score (nSPS) is 10.3. The maximum Gasteiger partial charge on any atom is 0.255 e. The highest BCUT2D eigenvalue weighted by Gasteiger charge is 2.11. The van der Waals surface area contributed by atoms with E-state index in [4.69, 9.17) is 23.2 Å². The van der Waals surface area contributed by atoms with Crippen molar-refractivity contribution in [2.24, 2.45) is 0 Å². The number of nitrogens with zero attached hydrogens (tertiary/aromatic N) is 1. The second-order valence-electron chi connectivity index (χ2n) is 4.49. The molecule has 0 unspecified atom stereocenters. The summed E-state index contributed by atoms with van der Waals surface area (Å²) >= 11 is 12.0. The van der Waals surface area contributed by atoms with Crippen LogP contribution in [0.4, 0.5) is 11.5 Å². The number of aromatic nitrogens is 1. The Morgan fingerprint density at radius 2 is 2.00 bits per heavy atom. The molecule has 0 bridgehead atoms. The lowest BCUT2D eigenvalue weighted by Crippen LogP contribution is -2.13. The van der Waals surface area contributed by atoms with Crippen LogP contribution in [0.3, 0.4) is 0 Å².